The third kappa shape index (κ3) is 3.85. The minimum absolute atomic E-state index is 0.104. The second-order valence-corrected chi connectivity index (χ2v) is 11.2. The molecule has 2 aromatic carbocycles. The third-order valence-electron chi connectivity index (χ3n) is 8.22. The molecule has 0 bridgehead atoms. The lowest BCUT2D eigenvalue weighted by molar-refractivity contribution is -0.141. The van der Waals surface area contributed by atoms with Crippen molar-refractivity contribution in [3.8, 4) is 16.9 Å². The van der Waals surface area contributed by atoms with E-state index >= 15 is 0 Å². The lowest BCUT2D eigenvalue weighted by Gasteiger charge is -2.20. The number of rotatable bonds is 4. The maximum Gasteiger partial charge on any atom is 0.436 e. The van der Waals surface area contributed by atoms with Crippen molar-refractivity contribution in [3.63, 3.8) is 0 Å². The highest BCUT2D eigenvalue weighted by Gasteiger charge is 2.55. The van der Waals surface area contributed by atoms with Crippen LogP contribution in [0, 0.1) is 12.8 Å². The summed E-state index contributed by atoms with van der Waals surface area (Å²) in [5, 5.41) is 12.2. The Balaban J connectivity index is 1.13. The smallest absolute Gasteiger partial charge is 0.356 e. The SMILES string of the molecule is Cc1noc2cc(C3=NC=C(C4C5CC5c5nc(-c6cc(Cl)ccc6-n6cc(C(F)(F)F)nn6)cc(=O)n54)C3)ccc12. The van der Waals surface area contributed by atoms with Gasteiger partial charge in [-0.25, -0.2) is 9.67 Å². The highest BCUT2D eigenvalue weighted by atomic mass is 35.5. The predicted octanol–water partition coefficient (Wildman–Crippen LogP) is 6.05. The standard InChI is InChI=1S/C29H19ClF3N7O2/c1-13-17-4-2-14(7-24(17)42-37-13)21-6-15(11-34-21)27-18-9-19(18)28-35-22(10-26(41)40(27)28)20-8-16(30)3-5-23(20)39-12-25(36-38-39)29(31,32)33/h2-5,7-8,10-12,18-19,27H,6,9H2,1H3. The Morgan fingerprint density at radius 1 is 1.12 bits per heavy atom. The van der Waals surface area contributed by atoms with Gasteiger partial charge in [0.05, 0.1) is 35.0 Å². The molecule has 3 aliphatic rings. The van der Waals surface area contributed by atoms with Crippen LogP contribution in [0.5, 0.6) is 0 Å². The van der Waals surface area contributed by atoms with E-state index in [0.717, 1.165) is 45.2 Å². The fourth-order valence-corrected chi connectivity index (χ4v) is 6.32. The Bertz CT molecular complexity index is 2070. The van der Waals surface area contributed by atoms with Gasteiger partial charge in [-0.15, -0.1) is 5.10 Å². The van der Waals surface area contributed by atoms with E-state index in [1.165, 1.54) is 18.2 Å². The van der Waals surface area contributed by atoms with Crippen LogP contribution in [0.25, 0.3) is 27.9 Å². The summed E-state index contributed by atoms with van der Waals surface area (Å²) in [5.41, 5.74) is 3.97. The molecule has 5 aromatic rings. The molecule has 0 amide bonds. The average molecular weight is 590 g/mol. The molecular formula is C29H19ClF3N7O2. The van der Waals surface area contributed by atoms with Gasteiger partial charge in [-0.2, -0.15) is 13.2 Å². The van der Waals surface area contributed by atoms with Gasteiger partial charge in [0.1, 0.15) is 5.82 Å². The first-order valence-electron chi connectivity index (χ1n) is 13.2. The Kier molecular flexibility index (Phi) is 5.22. The summed E-state index contributed by atoms with van der Waals surface area (Å²) < 4.78 is 47.7. The van der Waals surface area contributed by atoms with Crippen molar-refractivity contribution in [1.82, 2.24) is 29.7 Å². The summed E-state index contributed by atoms with van der Waals surface area (Å²) in [4.78, 5) is 23.2. The molecule has 210 valence electrons. The van der Waals surface area contributed by atoms with Crippen molar-refractivity contribution < 1.29 is 17.7 Å². The van der Waals surface area contributed by atoms with E-state index in [4.69, 9.17) is 21.1 Å². The van der Waals surface area contributed by atoms with Crippen molar-refractivity contribution in [2.75, 3.05) is 0 Å². The molecule has 13 heteroatoms. The minimum Gasteiger partial charge on any atom is -0.356 e. The van der Waals surface area contributed by atoms with Gasteiger partial charge in [0.2, 0.25) is 0 Å². The molecule has 0 radical (unpaired) electrons. The molecule has 1 aliphatic carbocycles. The number of halogens is 4. The lowest BCUT2D eigenvalue weighted by Crippen LogP contribution is -2.27. The fourth-order valence-electron chi connectivity index (χ4n) is 6.15. The van der Waals surface area contributed by atoms with Crippen LogP contribution in [0.1, 0.15) is 47.6 Å². The zero-order valence-electron chi connectivity index (χ0n) is 21.8. The molecule has 2 aliphatic heterocycles. The van der Waals surface area contributed by atoms with Crippen LogP contribution in [-0.4, -0.2) is 35.4 Å². The van der Waals surface area contributed by atoms with E-state index < -0.39 is 11.9 Å². The number of aryl methyl sites for hydroxylation is 1. The van der Waals surface area contributed by atoms with Crippen LogP contribution >= 0.6 is 11.6 Å². The molecule has 0 saturated heterocycles. The fraction of sp³-hybridized carbons (Fsp3) is 0.241. The number of alkyl halides is 3. The van der Waals surface area contributed by atoms with Gasteiger partial charge >= 0.3 is 6.18 Å². The summed E-state index contributed by atoms with van der Waals surface area (Å²) >= 11 is 6.27. The van der Waals surface area contributed by atoms with E-state index in [2.05, 4.69) is 20.5 Å². The molecule has 3 aromatic heterocycles. The summed E-state index contributed by atoms with van der Waals surface area (Å²) in [6, 6.07) is 11.8. The highest BCUT2D eigenvalue weighted by molar-refractivity contribution is 6.31. The summed E-state index contributed by atoms with van der Waals surface area (Å²) in [7, 11) is 0. The lowest BCUT2D eigenvalue weighted by atomic mass is 9.97. The Morgan fingerprint density at radius 3 is 2.79 bits per heavy atom. The number of nitrogens with zero attached hydrogens (tertiary/aromatic N) is 7. The van der Waals surface area contributed by atoms with Crippen LogP contribution in [0.15, 0.2) is 74.7 Å². The van der Waals surface area contributed by atoms with E-state index in [1.54, 1.807) is 10.6 Å². The summed E-state index contributed by atoms with van der Waals surface area (Å²) in [6.07, 6.45) is -0.529. The molecule has 8 rings (SSSR count). The zero-order chi connectivity index (χ0) is 28.9. The van der Waals surface area contributed by atoms with Gasteiger partial charge in [-0.1, -0.05) is 28.0 Å². The van der Waals surface area contributed by atoms with E-state index in [-0.39, 0.29) is 29.1 Å². The first-order chi connectivity index (χ1) is 20.2. The van der Waals surface area contributed by atoms with Crippen molar-refractivity contribution >= 4 is 28.3 Å². The molecule has 3 atom stereocenters. The molecule has 3 unspecified atom stereocenters. The third-order valence-corrected chi connectivity index (χ3v) is 8.46. The molecular weight excluding hydrogens is 571 g/mol. The van der Waals surface area contributed by atoms with Gasteiger partial charge in [0.15, 0.2) is 11.3 Å². The highest BCUT2D eigenvalue weighted by Crippen LogP contribution is 2.61. The van der Waals surface area contributed by atoms with Crippen LogP contribution in [0.3, 0.4) is 0 Å². The molecule has 9 nitrogen and oxygen atoms in total. The van der Waals surface area contributed by atoms with Crippen LogP contribution in [0.2, 0.25) is 5.02 Å². The van der Waals surface area contributed by atoms with Crippen LogP contribution in [-0.2, 0) is 6.18 Å². The molecule has 42 heavy (non-hydrogen) atoms. The summed E-state index contributed by atoms with van der Waals surface area (Å²) in [6.45, 7) is 1.89. The number of hydrogen-bond acceptors (Lipinski definition) is 7. The van der Waals surface area contributed by atoms with Gasteiger partial charge < -0.3 is 4.52 Å². The number of benzene rings is 2. The van der Waals surface area contributed by atoms with Crippen LogP contribution < -0.4 is 5.56 Å². The normalized spacial score (nSPS) is 20.9. The molecule has 1 saturated carbocycles. The number of allylic oxidation sites excluding steroid dienone is 1. The monoisotopic (exact) mass is 589 g/mol. The first kappa shape index (κ1) is 25.2. The number of aromatic nitrogens is 6. The number of fused-ring (bicyclic) bond motifs is 4. The minimum atomic E-state index is -4.65. The van der Waals surface area contributed by atoms with E-state index in [1.807, 2.05) is 31.3 Å². The number of hydrogen-bond donors (Lipinski definition) is 0. The Hall–Kier alpha value is -4.58. The second kappa shape index (κ2) is 8.71. The van der Waals surface area contributed by atoms with E-state index in [9.17, 15) is 18.0 Å². The van der Waals surface area contributed by atoms with Gasteiger partial charge in [-0.05, 0) is 55.2 Å². The van der Waals surface area contributed by atoms with Crippen molar-refractivity contribution in [1.29, 1.82) is 0 Å². The maximum absolute atomic E-state index is 13.6. The number of aliphatic imine (C=N–C) groups is 1. The molecule has 1 fully saturated rings. The van der Waals surface area contributed by atoms with Crippen molar-refractivity contribution in [2.45, 2.75) is 37.9 Å². The molecule has 5 heterocycles. The first-order valence-corrected chi connectivity index (χ1v) is 13.6. The molecule has 0 N–H and O–H groups in total. The van der Waals surface area contributed by atoms with Gasteiger partial charge in [0, 0.05) is 46.1 Å². The van der Waals surface area contributed by atoms with Crippen molar-refractivity contribution in [2.24, 2.45) is 10.9 Å². The quantitative estimate of drug-likeness (QED) is 0.253. The average Bonchev–Trinajstić information content (AvgIpc) is 3.37. The van der Waals surface area contributed by atoms with Crippen LogP contribution in [0.4, 0.5) is 13.2 Å². The van der Waals surface area contributed by atoms with Crippen molar-refractivity contribution in [3.05, 3.63) is 98.6 Å². The Labute approximate surface area is 239 Å². The van der Waals surface area contributed by atoms with E-state index in [0.29, 0.717) is 34.1 Å². The maximum atomic E-state index is 13.6. The Morgan fingerprint density at radius 2 is 1.98 bits per heavy atom. The predicted molar refractivity (Wildman–Crippen MR) is 147 cm³/mol. The van der Waals surface area contributed by atoms with Gasteiger partial charge in [0.25, 0.3) is 5.56 Å². The topological polar surface area (TPSA) is 104 Å². The van der Waals surface area contributed by atoms with Gasteiger partial charge in [-0.3, -0.25) is 14.4 Å². The largest absolute Gasteiger partial charge is 0.436 e. The summed E-state index contributed by atoms with van der Waals surface area (Å²) in [5.74, 6) is 0.983. The zero-order valence-corrected chi connectivity index (χ0v) is 22.6. The molecule has 0 spiro atoms. The second-order valence-electron chi connectivity index (χ2n) is 10.8.